The van der Waals surface area contributed by atoms with E-state index in [1.807, 2.05) is 17.8 Å². The lowest BCUT2D eigenvalue weighted by Crippen LogP contribution is -2.18. The maximum atomic E-state index is 5.56. The van der Waals surface area contributed by atoms with Gasteiger partial charge in [0, 0.05) is 5.75 Å². The molecule has 0 radical (unpaired) electrons. The van der Waals surface area contributed by atoms with Crippen molar-refractivity contribution in [1.82, 2.24) is 0 Å². The average molecular weight is 158 g/mol. The van der Waals surface area contributed by atoms with Crippen molar-refractivity contribution in [3.63, 3.8) is 0 Å². The highest BCUT2D eigenvalue weighted by atomic mass is 32.2. The summed E-state index contributed by atoms with van der Waals surface area (Å²) in [5.41, 5.74) is 0. The van der Waals surface area contributed by atoms with E-state index in [9.17, 15) is 0 Å². The molecule has 2 heteroatoms. The van der Waals surface area contributed by atoms with Gasteiger partial charge in [-0.1, -0.05) is 6.08 Å². The molecule has 0 aliphatic carbocycles. The minimum absolute atomic E-state index is 0.0915. The molecule has 0 N–H and O–H groups in total. The number of ether oxygens (including phenoxy) is 1. The molecule has 10 heavy (non-hydrogen) atoms. The highest BCUT2D eigenvalue weighted by molar-refractivity contribution is 8.00. The van der Waals surface area contributed by atoms with Crippen LogP contribution in [0.4, 0.5) is 0 Å². The number of hydrogen-bond acceptors (Lipinski definition) is 2. The van der Waals surface area contributed by atoms with Crippen molar-refractivity contribution in [2.24, 2.45) is 0 Å². The van der Waals surface area contributed by atoms with Crippen LogP contribution in [-0.4, -0.2) is 17.3 Å². The van der Waals surface area contributed by atoms with Crippen molar-refractivity contribution in [2.45, 2.75) is 24.7 Å². The van der Waals surface area contributed by atoms with Gasteiger partial charge in [0.2, 0.25) is 0 Å². The Kier molecular flexibility index (Phi) is 2.81. The largest absolute Gasteiger partial charge is 0.364 e. The molecule has 0 amide bonds. The third-order valence-electron chi connectivity index (χ3n) is 1.70. The molecule has 1 fully saturated rings. The molecule has 1 aliphatic rings. The summed E-state index contributed by atoms with van der Waals surface area (Å²) in [6, 6.07) is 0. The Morgan fingerprint density at radius 1 is 1.80 bits per heavy atom. The Balaban J connectivity index is 2.28. The van der Waals surface area contributed by atoms with Crippen LogP contribution < -0.4 is 0 Å². The molecule has 0 spiro atoms. The Hall–Kier alpha value is 0.0500. The van der Waals surface area contributed by atoms with Crippen LogP contribution in [0.2, 0.25) is 0 Å². The molecule has 0 saturated carbocycles. The third kappa shape index (κ3) is 2.03. The number of hydrogen-bond donors (Lipinski definition) is 0. The van der Waals surface area contributed by atoms with E-state index in [1.54, 1.807) is 0 Å². The third-order valence-corrected chi connectivity index (χ3v) is 3.00. The van der Waals surface area contributed by atoms with Gasteiger partial charge in [-0.05, 0) is 19.8 Å². The van der Waals surface area contributed by atoms with Crippen LogP contribution >= 0.6 is 11.8 Å². The van der Waals surface area contributed by atoms with Gasteiger partial charge in [0.15, 0.2) is 0 Å². The van der Waals surface area contributed by atoms with Crippen LogP contribution in [0.3, 0.4) is 0 Å². The number of thioether (sulfide) groups is 1. The van der Waals surface area contributed by atoms with Gasteiger partial charge in [-0.25, -0.2) is 0 Å². The summed E-state index contributed by atoms with van der Waals surface area (Å²) in [5, 5.41) is 0. The van der Waals surface area contributed by atoms with Gasteiger partial charge in [0.1, 0.15) is 4.93 Å². The molecule has 1 aliphatic heterocycles. The smallest absolute Gasteiger partial charge is 0.111 e. The van der Waals surface area contributed by atoms with E-state index in [0.717, 1.165) is 25.2 Å². The molecule has 1 nitrogen and oxygen atoms in total. The van der Waals surface area contributed by atoms with Crippen molar-refractivity contribution in [2.75, 3.05) is 12.4 Å². The highest BCUT2D eigenvalue weighted by Crippen LogP contribution is 2.36. The second-order valence-corrected chi connectivity index (χ2v) is 4.22. The van der Waals surface area contributed by atoms with E-state index in [4.69, 9.17) is 4.74 Å². The molecule has 1 atom stereocenters. The van der Waals surface area contributed by atoms with Crippen molar-refractivity contribution in [3.05, 3.63) is 12.7 Å². The molecular weight excluding hydrogens is 144 g/mol. The van der Waals surface area contributed by atoms with E-state index in [1.165, 1.54) is 0 Å². The monoisotopic (exact) mass is 158 g/mol. The van der Waals surface area contributed by atoms with E-state index < -0.39 is 0 Å². The predicted octanol–water partition coefficient (Wildman–Crippen LogP) is 2.43. The first-order chi connectivity index (χ1) is 4.77. The SMILES string of the molecule is C=CCCC1(C)OCCS1. The van der Waals surface area contributed by atoms with Gasteiger partial charge < -0.3 is 4.74 Å². The maximum absolute atomic E-state index is 5.56. The van der Waals surface area contributed by atoms with E-state index in [0.29, 0.717) is 0 Å². The second kappa shape index (κ2) is 3.44. The van der Waals surface area contributed by atoms with Gasteiger partial charge in [0.05, 0.1) is 6.61 Å². The molecule has 0 bridgehead atoms. The van der Waals surface area contributed by atoms with Crippen LogP contribution in [0.5, 0.6) is 0 Å². The second-order valence-electron chi connectivity index (χ2n) is 2.66. The topological polar surface area (TPSA) is 9.23 Å². The number of allylic oxidation sites excluding steroid dienone is 1. The van der Waals surface area contributed by atoms with Gasteiger partial charge in [0.25, 0.3) is 0 Å². The predicted molar refractivity (Wildman–Crippen MR) is 46.2 cm³/mol. The van der Waals surface area contributed by atoms with Crippen LogP contribution in [0.25, 0.3) is 0 Å². The van der Waals surface area contributed by atoms with E-state index in [2.05, 4.69) is 13.5 Å². The van der Waals surface area contributed by atoms with Crippen LogP contribution in [0.15, 0.2) is 12.7 Å². The first-order valence-electron chi connectivity index (χ1n) is 3.66. The lowest BCUT2D eigenvalue weighted by atomic mass is 10.2. The lowest BCUT2D eigenvalue weighted by molar-refractivity contribution is 0.0603. The Labute approximate surface area is 66.8 Å². The molecule has 0 aromatic carbocycles. The Morgan fingerprint density at radius 2 is 2.60 bits per heavy atom. The summed E-state index contributed by atoms with van der Waals surface area (Å²) in [7, 11) is 0. The zero-order chi connectivity index (χ0) is 7.45. The minimum atomic E-state index is 0.0915. The normalized spacial score (nSPS) is 32.5. The lowest BCUT2D eigenvalue weighted by Gasteiger charge is -2.20. The summed E-state index contributed by atoms with van der Waals surface area (Å²) in [5.74, 6) is 1.15. The van der Waals surface area contributed by atoms with Gasteiger partial charge in [-0.2, -0.15) is 0 Å². The van der Waals surface area contributed by atoms with Crippen molar-refractivity contribution in [3.8, 4) is 0 Å². The molecule has 1 rings (SSSR count). The average Bonchev–Trinajstić information content (AvgIpc) is 2.33. The van der Waals surface area contributed by atoms with Crippen LogP contribution in [-0.2, 0) is 4.74 Å². The molecule has 1 heterocycles. The fourth-order valence-corrected chi connectivity index (χ4v) is 2.09. The Morgan fingerprint density at radius 3 is 3.10 bits per heavy atom. The molecule has 0 aromatic heterocycles. The summed E-state index contributed by atoms with van der Waals surface area (Å²) >= 11 is 1.91. The summed E-state index contributed by atoms with van der Waals surface area (Å²) < 4.78 is 5.56. The molecule has 0 aromatic rings. The molecular formula is C8H14OS. The standard InChI is InChI=1S/C8H14OS/c1-3-4-5-8(2)9-6-7-10-8/h3H,1,4-7H2,2H3. The van der Waals surface area contributed by atoms with Crippen LogP contribution in [0.1, 0.15) is 19.8 Å². The van der Waals surface area contributed by atoms with Gasteiger partial charge >= 0.3 is 0 Å². The summed E-state index contributed by atoms with van der Waals surface area (Å²) in [4.78, 5) is 0.0915. The summed E-state index contributed by atoms with van der Waals surface area (Å²) in [6.07, 6.45) is 4.11. The number of rotatable bonds is 3. The van der Waals surface area contributed by atoms with Gasteiger partial charge in [-0.3, -0.25) is 0 Å². The van der Waals surface area contributed by atoms with Gasteiger partial charge in [-0.15, -0.1) is 18.3 Å². The van der Waals surface area contributed by atoms with E-state index >= 15 is 0 Å². The van der Waals surface area contributed by atoms with Crippen molar-refractivity contribution >= 4 is 11.8 Å². The first kappa shape index (κ1) is 8.15. The zero-order valence-corrected chi connectivity index (χ0v) is 7.25. The molecule has 1 saturated heterocycles. The van der Waals surface area contributed by atoms with Crippen LogP contribution in [0, 0.1) is 0 Å². The Bertz CT molecular complexity index is 116. The highest BCUT2D eigenvalue weighted by Gasteiger charge is 2.29. The molecule has 1 unspecified atom stereocenters. The maximum Gasteiger partial charge on any atom is 0.111 e. The molecule has 58 valence electrons. The van der Waals surface area contributed by atoms with Crippen molar-refractivity contribution in [1.29, 1.82) is 0 Å². The first-order valence-corrected chi connectivity index (χ1v) is 4.64. The zero-order valence-electron chi connectivity index (χ0n) is 6.43. The fourth-order valence-electron chi connectivity index (χ4n) is 1.07. The minimum Gasteiger partial charge on any atom is -0.364 e. The fraction of sp³-hybridized carbons (Fsp3) is 0.750. The quantitative estimate of drug-likeness (QED) is 0.583. The van der Waals surface area contributed by atoms with E-state index in [-0.39, 0.29) is 4.93 Å². The van der Waals surface area contributed by atoms with Crippen molar-refractivity contribution < 1.29 is 4.74 Å². The summed E-state index contributed by atoms with van der Waals surface area (Å²) in [6.45, 7) is 6.76.